The molecular formula is C16H17FN2OS. The minimum Gasteiger partial charge on any atom is -0.399 e. The summed E-state index contributed by atoms with van der Waals surface area (Å²) in [5, 5.41) is 2.57. The Balaban J connectivity index is 2.03. The predicted molar refractivity (Wildman–Crippen MR) is 85.8 cm³/mol. The number of carbonyl (C=O) groups excluding carboxylic acids is 1. The van der Waals surface area contributed by atoms with E-state index in [1.165, 1.54) is 23.9 Å². The summed E-state index contributed by atoms with van der Waals surface area (Å²) in [5.41, 5.74) is 7.01. The van der Waals surface area contributed by atoms with Gasteiger partial charge in [-0.2, -0.15) is 0 Å². The smallest absolute Gasteiger partial charge is 0.237 e. The summed E-state index contributed by atoms with van der Waals surface area (Å²) in [6.45, 7) is 1.95. The zero-order valence-electron chi connectivity index (χ0n) is 11.7. The highest BCUT2D eigenvalue weighted by Gasteiger charge is 2.18. The third kappa shape index (κ3) is 4.49. The van der Waals surface area contributed by atoms with Crippen molar-refractivity contribution in [1.82, 2.24) is 0 Å². The number of nitrogens with two attached hydrogens (primary N) is 1. The van der Waals surface area contributed by atoms with E-state index < -0.39 is 0 Å². The Hall–Kier alpha value is -2.01. The summed E-state index contributed by atoms with van der Waals surface area (Å²) >= 11 is 1.47. The molecule has 1 unspecified atom stereocenters. The fourth-order valence-corrected chi connectivity index (χ4v) is 2.85. The topological polar surface area (TPSA) is 55.1 Å². The molecule has 3 N–H and O–H groups in total. The van der Waals surface area contributed by atoms with E-state index >= 15 is 0 Å². The molecule has 5 heteroatoms. The molecule has 1 atom stereocenters. The zero-order chi connectivity index (χ0) is 15.2. The molecule has 110 valence electrons. The lowest BCUT2D eigenvalue weighted by Crippen LogP contribution is -2.24. The van der Waals surface area contributed by atoms with Gasteiger partial charge in [0, 0.05) is 16.3 Å². The molecule has 1 amide bonds. The van der Waals surface area contributed by atoms with E-state index in [4.69, 9.17) is 5.73 Å². The van der Waals surface area contributed by atoms with Crippen LogP contribution in [0.4, 0.5) is 15.8 Å². The number of amides is 1. The van der Waals surface area contributed by atoms with Gasteiger partial charge in [0.1, 0.15) is 5.82 Å². The number of carbonyl (C=O) groups is 1. The standard InChI is InChI=1S/C16H17FN2OS/c1-2-15(21-14-5-3-4-12(18)10-14)16(20)19-13-8-6-11(17)7-9-13/h3-10,15H,2,18H2,1H3,(H,19,20). The molecule has 2 aromatic carbocycles. The van der Waals surface area contributed by atoms with Crippen molar-refractivity contribution in [2.75, 3.05) is 11.1 Å². The Kier molecular flexibility index (Phi) is 5.22. The number of hydrogen-bond acceptors (Lipinski definition) is 3. The van der Waals surface area contributed by atoms with Gasteiger partial charge >= 0.3 is 0 Å². The van der Waals surface area contributed by atoms with Crippen LogP contribution in [0.3, 0.4) is 0 Å². The summed E-state index contributed by atoms with van der Waals surface area (Å²) in [4.78, 5) is 13.2. The maximum absolute atomic E-state index is 12.8. The van der Waals surface area contributed by atoms with Crippen molar-refractivity contribution in [3.8, 4) is 0 Å². The van der Waals surface area contributed by atoms with Crippen molar-refractivity contribution >= 4 is 29.0 Å². The second-order valence-corrected chi connectivity index (χ2v) is 5.86. The number of hydrogen-bond donors (Lipinski definition) is 2. The summed E-state index contributed by atoms with van der Waals surface area (Å²) in [6, 6.07) is 13.2. The Labute approximate surface area is 127 Å². The molecule has 0 spiro atoms. The second kappa shape index (κ2) is 7.13. The number of nitrogen functional groups attached to an aromatic ring is 1. The van der Waals surface area contributed by atoms with Crippen molar-refractivity contribution in [2.45, 2.75) is 23.5 Å². The summed E-state index contributed by atoms with van der Waals surface area (Å²) < 4.78 is 12.8. The predicted octanol–water partition coefficient (Wildman–Crippen LogP) is 3.92. The summed E-state index contributed by atoms with van der Waals surface area (Å²) in [6.07, 6.45) is 0.687. The van der Waals surface area contributed by atoms with E-state index in [0.717, 1.165) is 4.90 Å². The van der Waals surface area contributed by atoms with Gasteiger partial charge in [-0.3, -0.25) is 4.79 Å². The highest BCUT2D eigenvalue weighted by molar-refractivity contribution is 8.00. The Morgan fingerprint density at radius 2 is 2.00 bits per heavy atom. The van der Waals surface area contributed by atoms with E-state index in [1.807, 2.05) is 31.2 Å². The Morgan fingerprint density at radius 1 is 1.29 bits per heavy atom. The quantitative estimate of drug-likeness (QED) is 0.650. The van der Waals surface area contributed by atoms with E-state index in [-0.39, 0.29) is 17.0 Å². The molecule has 2 rings (SSSR count). The molecule has 0 aliphatic carbocycles. The first-order valence-corrected chi connectivity index (χ1v) is 7.55. The van der Waals surface area contributed by atoms with Crippen molar-refractivity contribution in [1.29, 1.82) is 0 Å². The van der Waals surface area contributed by atoms with Gasteiger partial charge in [0.15, 0.2) is 0 Å². The van der Waals surface area contributed by atoms with Gasteiger partial charge in [0.2, 0.25) is 5.91 Å². The van der Waals surface area contributed by atoms with Crippen molar-refractivity contribution < 1.29 is 9.18 Å². The van der Waals surface area contributed by atoms with Crippen LogP contribution in [0.25, 0.3) is 0 Å². The van der Waals surface area contributed by atoms with Gasteiger partial charge in [-0.1, -0.05) is 13.0 Å². The molecule has 0 saturated heterocycles. The van der Waals surface area contributed by atoms with Crippen LogP contribution in [0.15, 0.2) is 53.4 Å². The fraction of sp³-hybridized carbons (Fsp3) is 0.188. The molecule has 2 aromatic rings. The minimum absolute atomic E-state index is 0.100. The third-order valence-electron chi connectivity index (χ3n) is 2.91. The van der Waals surface area contributed by atoms with E-state index in [0.29, 0.717) is 17.8 Å². The van der Waals surface area contributed by atoms with E-state index in [9.17, 15) is 9.18 Å². The van der Waals surface area contributed by atoms with Gasteiger partial charge in [-0.05, 0) is 48.9 Å². The Morgan fingerprint density at radius 3 is 2.62 bits per heavy atom. The highest BCUT2D eigenvalue weighted by atomic mass is 32.2. The van der Waals surface area contributed by atoms with Crippen molar-refractivity contribution in [3.63, 3.8) is 0 Å². The average Bonchev–Trinajstić information content (AvgIpc) is 2.47. The molecule has 0 radical (unpaired) electrons. The van der Waals surface area contributed by atoms with Crippen LogP contribution >= 0.6 is 11.8 Å². The van der Waals surface area contributed by atoms with Crippen LogP contribution in [0.2, 0.25) is 0 Å². The van der Waals surface area contributed by atoms with Crippen LogP contribution in [-0.2, 0) is 4.79 Å². The summed E-state index contributed by atoms with van der Waals surface area (Å²) in [7, 11) is 0. The van der Waals surface area contributed by atoms with Crippen LogP contribution in [0, 0.1) is 5.82 Å². The molecule has 0 aliphatic rings. The average molecular weight is 304 g/mol. The molecule has 0 saturated carbocycles. The molecule has 21 heavy (non-hydrogen) atoms. The van der Waals surface area contributed by atoms with Gasteiger partial charge in [-0.25, -0.2) is 4.39 Å². The van der Waals surface area contributed by atoms with Crippen LogP contribution in [0.1, 0.15) is 13.3 Å². The lowest BCUT2D eigenvalue weighted by Gasteiger charge is -2.15. The number of anilines is 2. The van der Waals surface area contributed by atoms with Gasteiger partial charge in [-0.15, -0.1) is 11.8 Å². The van der Waals surface area contributed by atoms with E-state index in [2.05, 4.69) is 5.32 Å². The van der Waals surface area contributed by atoms with Gasteiger partial charge in [0.05, 0.1) is 5.25 Å². The molecule has 0 aliphatic heterocycles. The largest absolute Gasteiger partial charge is 0.399 e. The number of rotatable bonds is 5. The zero-order valence-corrected chi connectivity index (χ0v) is 12.5. The maximum Gasteiger partial charge on any atom is 0.237 e. The molecule has 0 fully saturated rings. The highest BCUT2D eigenvalue weighted by Crippen LogP contribution is 2.27. The SMILES string of the molecule is CCC(Sc1cccc(N)c1)C(=O)Nc1ccc(F)cc1. The number of nitrogens with one attached hydrogen (secondary N) is 1. The molecular weight excluding hydrogens is 287 g/mol. The molecule has 0 aromatic heterocycles. The first-order valence-electron chi connectivity index (χ1n) is 6.67. The molecule has 0 heterocycles. The first-order chi connectivity index (χ1) is 10.1. The van der Waals surface area contributed by atoms with E-state index in [1.54, 1.807) is 12.1 Å². The number of halogens is 1. The number of benzene rings is 2. The third-order valence-corrected chi connectivity index (χ3v) is 4.27. The monoisotopic (exact) mass is 304 g/mol. The Bertz CT molecular complexity index is 616. The molecule has 0 bridgehead atoms. The first kappa shape index (κ1) is 15.4. The summed E-state index contributed by atoms with van der Waals surface area (Å²) in [5.74, 6) is -0.425. The fourth-order valence-electron chi connectivity index (χ4n) is 1.83. The number of thioether (sulfide) groups is 1. The van der Waals surface area contributed by atoms with Crippen LogP contribution in [-0.4, -0.2) is 11.2 Å². The molecule has 3 nitrogen and oxygen atoms in total. The van der Waals surface area contributed by atoms with Gasteiger partial charge in [0.25, 0.3) is 0 Å². The second-order valence-electron chi connectivity index (χ2n) is 4.58. The maximum atomic E-state index is 12.8. The lowest BCUT2D eigenvalue weighted by atomic mass is 10.2. The normalized spacial score (nSPS) is 11.9. The van der Waals surface area contributed by atoms with Gasteiger partial charge < -0.3 is 11.1 Å². The van der Waals surface area contributed by atoms with Crippen LogP contribution < -0.4 is 11.1 Å². The van der Waals surface area contributed by atoms with Crippen molar-refractivity contribution in [2.24, 2.45) is 0 Å². The van der Waals surface area contributed by atoms with Crippen molar-refractivity contribution in [3.05, 3.63) is 54.3 Å². The van der Waals surface area contributed by atoms with Crippen LogP contribution in [0.5, 0.6) is 0 Å². The lowest BCUT2D eigenvalue weighted by molar-refractivity contribution is -0.115. The minimum atomic E-state index is -0.325.